The molecule has 0 saturated heterocycles. The second-order valence-corrected chi connectivity index (χ2v) is 26.9. The second kappa shape index (κ2) is 28.6. The van der Waals surface area contributed by atoms with Crippen molar-refractivity contribution in [1.82, 2.24) is 64.8 Å². The molecule has 0 radical (unpaired) electrons. The van der Waals surface area contributed by atoms with Gasteiger partial charge in [-0.2, -0.15) is 0 Å². The van der Waals surface area contributed by atoms with Gasteiger partial charge in [-0.15, -0.1) is 0 Å². The number of hydrogen-bond donors (Lipinski definition) is 5. The van der Waals surface area contributed by atoms with Gasteiger partial charge in [0, 0.05) is 128 Å². The molecule has 0 spiro atoms. The van der Waals surface area contributed by atoms with Gasteiger partial charge in [-0.1, -0.05) is 103 Å². The molecule has 3 aliphatic rings. The number of benzene rings is 3. The van der Waals surface area contributed by atoms with Crippen LogP contribution in [0, 0.1) is 31.1 Å². The molecule has 22 heteroatoms. The molecule has 0 aliphatic heterocycles. The maximum Gasteiger partial charge on any atom is 0.251 e. The van der Waals surface area contributed by atoms with E-state index in [-0.39, 0.29) is 48.6 Å². The minimum atomic E-state index is -0.0631. The summed E-state index contributed by atoms with van der Waals surface area (Å²) in [4.78, 5) is 67.6. The summed E-state index contributed by atoms with van der Waals surface area (Å²) in [6, 6.07) is 38.2. The number of pyridine rings is 3. The highest BCUT2D eigenvalue weighted by Crippen LogP contribution is 2.46. The summed E-state index contributed by atoms with van der Waals surface area (Å²) < 4.78 is 20.4. The van der Waals surface area contributed by atoms with Crippen LogP contribution < -0.4 is 39.2 Å². The van der Waals surface area contributed by atoms with Gasteiger partial charge in [0.15, 0.2) is 28.8 Å². The minimum Gasteiger partial charge on any atom is -0.382 e. The third-order valence-corrected chi connectivity index (χ3v) is 18.9. The van der Waals surface area contributed by atoms with E-state index in [0.717, 1.165) is 120 Å². The smallest absolute Gasteiger partial charge is 0.251 e. The van der Waals surface area contributed by atoms with Gasteiger partial charge in [0.1, 0.15) is 28.5 Å². The third-order valence-electron chi connectivity index (χ3n) is 18.9. The second-order valence-electron chi connectivity index (χ2n) is 26.9. The van der Waals surface area contributed by atoms with E-state index in [2.05, 4.69) is 54.6 Å². The Morgan fingerprint density at radius 2 is 1.09 bits per heavy atom. The van der Waals surface area contributed by atoms with E-state index >= 15 is 0 Å². The molecule has 99 heavy (non-hydrogen) atoms. The summed E-state index contributed by atoms with van der Waals surface area (Å²) in [7, 11) is 1.92. The van der Waals surface area contributed by atoms with E-state index in [9.17, 15) is 14.4 Å². The number of hydrogen-bond acceptors (Lipinski definition) is 19. The summed E-state index contributed by atoms with van der Waals surface area (Å²) >= 11 is 0. The van der Waals surface area contributed by atoms with E-state index in [1.807, 2.05) is 144 Å². The molecule has 0 amide bonds. The van der Waals surface area contributed by atoms with Crippen LogP contribution in [0.1, 0.15) is 133 Å². The largest absolute Gasteiger partial charge is 0.382 e. The van der Waals surface area contributed by atoms with Crippen LogP contribution >= 0.6 is 0 Å². The lowest BCUT2D eigenvalue weighted by Gasteiger charge is -2.12. The zero-order valence-electron chi connectivity index (χ0n) is 56.6. The predicted octanol–water partition coefficient (Wildman–Crippen LogP) is 15.0. The Morgan fingerprint density at radius 1 is 0.606 bits per heavy atom. The van der Waals surface area contributed by atoms with Crippen molar-refractivity contribution < 1.29 is 22.1 Å². The number of nitrogen functional groups attached to an aromatic ring is 1. The third kappa shape index (κ3) is 15.4. The summed E-state index contributed by atoms with van der Waals surface area (Å²) in [5.41, 5.74) is 35.0. The van der Waals surface area contributed by atoms with Gasteiger partial charge in [0.2, 0.25) is 0 Å². The molecule has 3 fully saturated rings. The summed E-state index contributed by atoms with van der Waals surface area (Å²) in [6.45, 7) is 14.4. The van der Waals surface area contributed by atoms with Crippen molar-refractivity contribution in [1.29, 1.82) is 0 Å². The lowest BCUT2D eigenvalue weighted by Crippen LogP contribution is -2.22. The topological polar surface area (TPSA) is 322 Å². The first kappa shape index (κ1) is 66.7. The van der Waals surface area contributed by atoms with Crippen molar-refractivity contribution in [2.45, 2.75) is 124 Å². The first-order valence-corrected chi connectivity index (χ1v) is 33.6. The molecule has 3 aromatic carbocycles. The molecular formula is C77H92N16O6. The van der Waals surface area contributed by atoms with Gasteiger partial charge in [0.25, 0.3) is 16.7 Å². The molecule has 8 N–H and O–H groups in total. The number of H-pyrrole nitrogens is 1. The standard InChI is InChI=1S/2C26H27N5O2.C25H26N6O2.6H2/c1-15-9-21(15)14-31-13-20(7-8-25(31)32)23-12-28-17(3)26(29-23)24-11-22(30-33-24)19-6-4-5-18(10-19)16(2)27;1-16(27)18-5-4-6-19(11-18)21-12-23(33-30-21)25-17(2)28-13-22(29-25)20-7-8-24(32)31(14-20)15-26(3)9-10-26;1-27-12-15-6-8-17(9-7-15)20-11-22(33-31-20)23-24(26)28-14-21(30-23)18-10-19(25(32)29-13-18)16-4-2-3-5-16;;;;;;/h4-8,10-13,15-16,21H,9,14,27H2,1-3H3;4-8,11-14,16H,9-10,15,27H2,1-3H3;6-11,13-14,16,27H,2-5,12H2,1H3,(H2,26,28)(H,29,32);6*1H. The number of nitrogens with zero attached hydrogens (tertiary/aromatic N) is 11. The van der Waals surface area contributed by atoms with Crippen LogP contribution in [0.3, 0.4) is 0 Å². The van der Waals surface area contributed by atoms with Crippen molar-refractivity contribution in [3.05, 3.63) is 223 Å². The van der Waals surface area contributed by atoms with Gasteiger partial charge >= 0.3 is 0 Å². The van der Waals surface area contributed by atoms with Crippen LogP contribution in [0.25, 0.3) is 102 Å². The first-order valence-electron chi connectivity index (χ1n) is 33.6. The fraction of sp³-hybridized carbons (Fsp3) is 0.299. The quantitative estimate of drug-likeness (QED) is 0.0533. The molecule has 15 rings (SSSR count). The number of aryl methyl sites for hydroxylation is 2. The Bertz CT molecular complexity index is 5100. The molecule has 12 aromatic rings. The number of nitrogens with one attached hydrogen (secondary N) is 2. The number of aromatic nitrogens is 12. The molecule has 0 bridgehead atoms. The molecule has 516 valence electrons. The van der Waals surface area contributed by atoms with Crippen LogP contribution in [0.15, 0.2) is 186 Å². The van der Waals surface area contributed by atoms with Crippen LogP contribution in [-0.2, 0) is 19.6 Å². The maximum absolute atomic E-state index is 12.4. The van der Waals surface area contributed by atoms with Gasteiger partial charge in [-0.3, -0.25) is 24.4 Å². The average molecular weight is 1340 g/mol. The van der Waals surface area contributed by atoms with Crippen molar-refractivity contribution in [2.75, 3.05) is 12.8 Å². The van der Waals surface area contributed by atoms with E-state index < -0.39 is 0 Å². The zero-order valence-corrected chi connectivity index (χ0v) is 56.6. The lowest BCUT2D eigenvalue weighted by molar-refractivity contribution is 0.433. The monoisotopic (exact) mass is 1340 g/mol. The Balaban J connectivity index is 0.000000214. The normalized spacial score (nSPS) is 15.9. The predicted molar refractivity (Wildman–Crippen MR) is 395 cm³/mol. The van der Waals surface area contributed by atoms with E-state index in [4.69, 9.17) is 45.7 Å². The number of aromatic amines is 1. The SMILES string of the molecule is CNCc1ccc(-c2cc(-c3nc(-c4c[nH]c(=O)c(C5CCCC5)c4)cnc3N)on2)cc1.Cc1ncc(-c2ccc(=O)n(CC3(C)CC3)c2)nc1-c1cc(-c2cccc(C(C)N)c2)no1.Cc1ncc(-c2ccc(=O)n(CC3CC3C)c2)nc1-c1cc(-c2cccc(C(C)N)c2)no1.[HH].[HH].[HH].[HH].[HH].[HH]. The average Bonchev–Trinajstić information content (AvgIpc) is 1.71. The lowest BCUT2D eigenvalue weighted by atomic mass is 9.97. The van der Waals surface area contributed by atoms with Crippen LogP contribution in [0.2, 0.25) is 0 Å². The molecule has 9 heterocycles. The van der Waals surface area contributed by atoms with Gasteiger partial charge in [-0.25, -0.2) is 19.9 Å². The Hall–Kier alpha value is -10.9. The highest BCUT2D eigenvalue weighted by atomic mass is 16.5. The number of anilines is 1. The van der Waals surface area contributed by atoms with Gasteiger partial charge in [-0.05, 0) is 137 Å². The van der Waals surface area contributed by atoms with E-state index in [1.54, 1.807) is 58.2 Å². The van der Waals surface area contributed by atoms with E-state index in [0.29, 0.717) is 86.3 Å². The zero-order chi connectivity index (χ0) is 69.1. The molecule has 4 atom stereocenters. The molecule has 9 aromatic heterocycles. The highest BCUT2D eigenvalue weighted by molar-refractivity contribution is 5.74. The highest BCUT2D eigenvalue weighted by Gasteiger charge is 2.38. The fourth-order valence-corrected chi connectivity index (χ4v) is 12.4. The molecule has 3 saturated carbocycles. The number of rotatable bonds is 18. The van der Waals surface area contributed by atoms with E-state index in [1.165, 1.54) is 12.0 Å². The summed E-state index contributed by atoms with van der Waals surface area (Å²) in [5.74, 6) is 3.34. The molecule has 4 unspecified atom stereocenters. The van der Waals surface area contributed by atoms with Gasteiger partial charge in [0.05, 0.1) is 47.1 Å². The van der Waals surface area contributed by atoms with Crippen LogP contribution in [0.4, 0.5) is 5.82 Å². The summed E-state index contributed by atoms with van der Waals surface area (Å²) in [5, 5.41) is 15.8. The first-order chi connectivity index (χ1) is 47.8. The van der Waals surface area contributed by atoms with Crippen molar-refractivity contribution in [3.63, 3.8) is 0 Å². The van der Waals surface area contributed by atoms with Crippen molar-refractivity contribution in [2.24, 2.45) is 28.7 Å². The Kier molecular flexibility index (Phi) is 19.3. The van der Waals surface area contributed by atoms with Crippen molar-refractivity contribution >= 4 is 5.82 Å². The van der Waals surface area contributed by atoms with Crippen LogP contribution in [0.5, 0.6) is 0 Å². The van der Waals surface area contributed by atoms with Gasteiger partial charge < -0.3 is 50.2 Å². The summed E-state index contributed by atoms with van der Waals surface area (Å²) in [6.07, 6.45) is 18.4. The minimum absolute atomic E-state index is 0. The number of nitrogens with two attached hydrogens (primary N) is 3. The maximum atomic E-state index is 12.4. The molecule has 22 nitrogen and oxygen atoms in total. The Labute approximate surface area is 581 Å². The molecule has 3 aliphatic carbocycles. The Morgan fingerprint density at radius 3 is 1.62 bits per heavy atom. The van der Waals surface area contributed by atoms with Crippen molar-refractivity contribution in [3.8, 4) is 102 Å². The molecular weight excluding hydrogens is 1240 g/mol. The van der Waals surface area contributed by atoms with Crippen LogP contribution in [-0.4, -0.2) is 66.5 Å². The fourth-order valence-electron chi connectivity index (χ4n) is 12.4.